The molecule has 4 rings (SSSR count). The van der Waals surface area contributed by atoms with Crippen molar-refractivity contribution in [2.24, 2.45) is 11.7 Å². The van der Waals surface area contributed by atoms with Crippen molar-refractivity contribution in [1.82, 2.24) is 4.90 Å². The summed E-state index contributed by atoms with van der Waals surface area (Å²) in [4.78, 5) is 27.2. The molecule has 2 unspecified atom stereocenters. The Bertz CT molecular complexity index is 995. The molecule has 36 heavy (non-hydrogen) atoms. The molecule has 2 aromatic rings. The van der Waals surface area contributed by atoms with Crippen molar-refractivity contribution in [2.75, 3.05) is 51.3 Å². The maximum atomic E-state index is 12.9. The summed E-state index contributed by atoms with van der Waals surface area (Å²) in [6.45, 7) is 10.3. The Balaban J connectivity index is 1.37. The minimum absolute atomic E-state index is 0.0836. The van der Waals surface area contributed by atoms with E-state index in [2.05, 4.69) is 31.3 Å². The first-order chi connectivity index (χ1) is 17.4. The van der Waals surface area contributed by atoms with E-state index in [1.807, 2.05) is 17.0 Å². The Hall–Kier alpha value is -2.68. The van der Waals surface area contributed by atoms with E-state index in [0.717, 1.165) is 55.5 Å². The number of furan rings is 1. The van der Waals surface area contributed by atoms with E-state index >= 15 is 0 Å². The molecule has 3 heterocycles. The number of amides is 2. The number of nitrogens with one attached hydrogen (secondary N) is 1. The number of rotatable bonds is 9. The van der Waals surface area contributed by atoms with Crippen molar-refractivity contribution in [2.45, 2.75) is 51.6 Å². The summed E-state index contributed by atoms with van der Waals surface area (Å²) in [6.07, 6.45) is 5.49. The highest BCUT2D eigenvalue weighted by molar-refractivity contribution is 6.02. The Morgan fingerprint density at radius 1 is 1.17 bits per heavy atom. The smallest absolute Gasteiger partial charge is 0.291 e. The summed E-state index contributed by atoms with van der Waals surface area (Å²) in [7, 11) is 0. The quantitative estimate of drug-likeness (QED) is 0.518. The lowest BCUT2D eigenvalue weighted by Crippen LogP contribution is -2.61. The normalized spacial score (nSPS) is 24.2. The van der Waals surface area contributed by atoms with Gasteiger partial charge >= 0.3 is 0 Å². The fourth-order valence-electron chi connectivity index (χ4n) is 5.90. The third kappa shape index (κ3) is 6.17. The number of nitrogens with two attached hydrogens (primary N) is 1. The molecule has 8 nitrogen and oxygen atoms in total. The zero-order valence-electron chi connectivity index (χ0n) is 21.7. The average Bonchev–Trinajstić information content (AvgIpc) is 3.45. The summed E-state index contributed by atoms with van der Waals surface area (Å²) < 4.78 is 11.6. The van der Waals surface area contributed by atoms with Gasteiger partial charge in [0, 0.05) is 38.0 Å². The van der Waals surface area contributed by atoms with Crippen LogP contribution < -0.4 is 11.1 Å². The molecule has 3 N–H and O–H groups in total. The van der Waals surface area contributed by atoms with Crippen LogP contribution in [0.1, 0.15) is 49.2 Å². The molecule has 2 aliphatic heterocycles. The van der Waals surface area contributed by atoms with Crippen LogP contribution in [0.5, 0.6) is 0 Å². The van der Waals surface area contributed by atoms with E-state index in [4.69, 9.17) is 14.9 Å². The van der Waals surface area contributed by atoms with Crippen LogP contribution in [0.4, 0.5) is 5.69 Å². The molecule has 196 valence electrons. The van der Waals surface area contributed by atoms with Gasteiger partial charge in [-0.3, -0.25) is 9.59 Å². The standard InChI is InChI=1S/C28H40N4O4/c1-3-13-32(14-9-23(10-15-32)26(29)28(34)31-11-17-35-18-12-31)21(2)19-22-6-4-7-24(20-22)30-27(33)25-8-5-16-36-25/h4-8,16,20-21,23,26H,3,9-15,17-19,29H2,1-2H3/p+1. The van der Waals surface area contributed by atoms with Crippen molar-refractivity contribution in [3.05, 3.63) is 54.0 Å². The number of morpholine rings is 1. The van der Waals surface area contributed by atoms with E-state index in [9.17, 15) is 9.59 Å². The summed E-state index contributed by atoms with van der Waals surface area (Å²) in [5, 5.41) is 2.93. The fourth-order valence-corrected chi connectivity index (χ4v) is 5.90. The predicted molar refractivity (Wildman–Crippen MR) is 140 cm³/mol. The van der Waals surface area contributed by atoms with Crippen molar-refractivity contribution >= 4 is 17.5 Å². The van der Waals surface area contributed by atoms with Gasteiger partial charge in [-0.1, -0.05) is 19.1 Å². The monoisotopic (exact) mass is 497 g/mol. The zero-order valence-corrected chi connectivity index (χ0v) is 21.7. The number of anilines is 1. The topological polar surface area (TPSA) is 97.8 Å². The van der Waals surface area contributed by atoms with Crippen LogP contribution in [0.25, 0.3) is 0 Å². The molecule has 0 bridgehead atoms. The maximum Gasteiger partial charge on any atom is 0.291 e. The van der Waals surface area contributed by atoms with E-state index in [1.54, 1.807) is 12.1 Å². The summed E-state index contributed by atoms with van der Waals surface area (Å²) in [6, 6.07) is 11.5. The van der Waals surface area contributed by atoms with Gasteiger partial charge < -0.3 is 29.6 Å². The highest BCUT2D eigenvalue weighted by Gasteiger charge is 2.41. The lowest BCUT2D eigenvalue weighted by Gasteiger charge is -2.49. The Kier molecular flexibility index (Phi) is 8.82. The number of ether oxygens (including phenoxy) is 1. The lowest BCUT2D eigenvalue weighted by atomic mass is 9.86. The second-order valence-corrected chi connectivity index (χ2v) is 10.4. The molecule has 0 spiro atoms. The maximum absolute atomic E-state index is 12.9. The largest absolute Gasteiger partial charge is 0.459 e. The molecule has 1 aromatic carbocycles. The van der Waals surface area contributed by atoms with Crippen LogP contribution in [-0.4, -0.2) is 79.2 Å². The van der Waals surface area contributed by atoms with Crippen LogP contribution in [0.15, 0.2) is 47.1 Å². The van der Waals surface area contributed by atoms with Gasteiger partial charge in [0.1, 0.15) is 0 Å². The Labute approximate surface area is 214 Å². The third-order valence-electron chi connectivity index (χ3n) is 8.07. The van der Waals surface area contributed by atoms with Gasteiger partial charge in [-0.25, -0.2) is 0 Å². The van der Waals surface area contributed by atoms with Crippen molar-refractivity contribution in [3.8, 4) is 0 Å². The molecular formula is C28H41N4O4+. The second-order valence-electron chi connectivity index (χ2n) is 10.4. The number of piperidine rings is 1. The van der Waals surface area contributed by atoms with Gasteiger partial charge in [-0.05, 0) is 49.1 Å². The minimum Gasteiger partial charge on any atom is -0.459 e. The SMILES string of the molecule is CCC[N+]1(C(C)Cc2cccc(NC(=O)c3ccco3)c2)CCC(C(N)C(=O)N2CCOCC2)CC1. The molecule has 8 heteroatoms. The number of nitrogens with zero attached hydrogens (tertiary/aromatic N) is 2. The van der Waals surface area contributed by atoms with E-state index in [-0.39, 0.29) is 17.7 Å². The van der Waals surface area contributed by atoms with Crippen molar-refractivity contribution in [3.63, 3.8) is 0 Å². The predicted octanol–water partition coefficient (Wildman–Crippen LogP) is 3.29. The number of hydrogen-bond acceptors (Lipinski definition) is 5. The number of benzene rings is 1. The van der Waals surface area contributed by atoms with Gasteiger partial charge in [-0.2, -0.15) is 0 Å². The summed E-state index contributed by atoms with van der Waals surface area (Å²) in [5.41, 5.74) is 8.47. The number of quaternary nitrogens is 1. The fraction of sp³-hybridized carbons (Fsp3) is 0.571. The first kappa shape index (κ1) is 26.4. The first-order valence-corrected chi connectivity index (χ1v) is 13.3. The zero-order chi connectivity index (χ0) is 25.5. The van der Waals surface area contributed by atoms with Crippen LogP contribution in [0.2, 0.25) is 0 Å². The van der Waals surface area contributed by atoms with E-state index < -0.39 is 6.04 Å². The number of hydrogen-bond donors (Lipinski definition) is 2. The van der Waals surface area contributed by atoms with Crippen molar-refractivity contribution in [1.29, 1.82) is 0 Å². The van der Waals surface area contributed by atoms with Gasteiger partial charge in [0.25, 0.3) is 5.91 Å². The van der Waals surface area contributed by atoms with Crippen LogP contribution in [0, 0.1) is 5.92 Å². The van der Waals surface area contributed by atoms with Gasteiger partial charge in [0.2, 0.25) is 5.91 Å². The molecule has 1 aromatic heterocycles. The van der Waals surface area contributed by atoms with Crippen LogP contribution in [-0.2, 0) is 16.0 Å². The molecule has 2 fully saturated rings. The first-order valence-electron chi connectivity index (χ1n) is 13.3. The Morgan fingerprint density at radius 2 is 1.92 bits per heavy atom. The second kappa shape index (κ2) is 12.0. The Morgan fingerprint density at radius 3 is 2.58 bits per heavy atom. The van der Waals surface area contributed by atoms with Crippen molar-refractivity contribution < 1.29 is 23.2 Å². The molecule has 2 atom stereocenters. The number of carbonyl (C=O) groups is 2. The molecular weight excluding hydrogens is 456 g/mol. The summed E-state index contributed by atoms with van der Waals surface area (Å²) >= 11 is 0. The van der Waals surface area contributed by atoms with Gasteiger partial charge in [-0.15, -0.1) is 0 Å². The highest BCUT2D eigenvalue weighted by atomic mass is 16.5. The van der Waals surface area contributed by atoms with Crippen LogP contribution in [0.3, 0.4) is 0 Å². The van der Waals surface area contributed by atoms with Gasteiger partial charge in [0.15, 0.2) is 5.76 Å². The summed E-state index contributed by atoms with van der Waals surface area (Å²) in [5.74, 6) is 0.371. The average molecular weight is 498 g/mol. The van der Waals surface area contributed by atoms with Crippen LogP contribution >= 0.6 is 0 Å². The molecule has 0 radical (unpaired) electrons. The minimum atomic E-state index is -0.420. The number of carbonyl (C=O) groups excluding carboxylic acids is 2. The highest BCUT2D eigenvalue weighted by Crippen LogP contribution is 2.31. The third-order valence-corrected chi connectivity index (χ3v) is 8.07. The van der Waals surface area contributed by atoms with E-state index in [0.29, 0.717) is 38.1 Å². The molecule has 2 saturated heterocycles. The molecule has 0 saturated carbocycles. The number of likely N-dealkylation sites (tertiary alicyclic amines) is 1. The molecule has 2 amide bonds. The lowest BCUT2D eigenvalue weighted by molar-refractivity contribution is -0.954. The van der Waals surface area contributed by atoms with E-state index in [1.165, 1.54) is 11.8 Å². The van der Waals surface area contributed by atoms with Gasteiger partial charge in [0.05, 0.1) is 51.2 Å². The molecule has 0 aliphatic carbocycles. The molecule has 2 aliphatic rings.